The molecule has 0 aromatic heterocycles. The van der Waals surface area contributed by atoms with Crippen LogP contribution in [0.1, 0.15) is 0 Å². The van der Waals surface area contributed by atoms with Crippen LogP contribution < -0.4 is 0 Å². The maximum absolute atomic E-state index is 0. The minimum atomic E-state index is 0. The van der Waals surface area contributed by atoms with Gasteiger partial charge in [-0.25, -0.2) is 0 Å². The van der Waals surface area contributed by atoms with Crippen molar-refractivity contribution in [1.29, 1.82) is 0 Å². The van der Waals surface area contributed by atoms with Gasteiger partial charge in [0, 0.05) is 83.2 Å². The summed E-state index contributed by atoms with van der Waals surface area (Å²) < 4.78 is 0. The third kappa shape index (κ3) is 23.3. The van der Waals surface area contributed by atoms with Crippen LogP contribution in [0.2, 0.25) is 0 Å². The third-order valence-corrected chi connectivity index (χ3v) is 0. The topological polar surface area (TPSA) is 0 Å². The molecule has 0 saturated heterocycles. The molecule has 0 nitrogen and oxygen atoms in total. The molecule has 6 heteroatoms. The minimum Gasteiger partial charge on any atom is 0 e. The van der Waals surface area contributed by atoms with E-state index in [2.05, 4.69) is 0 Å². The molecule has 0 amide bonds. The average molecular weight is 347 g/mol. The second-order valence-corrected chi connectivity index (χ2v) is 0. The third-order valence-electron chi connectivity index (χ3n) is 0. The van der Waals surface area contributed by atoms with Gasteiger partial charge in [-0.05, 0) is 0 Å². The zero-order valence-corrected chi connectivity index (χ0v) is 9.61. The molecular formula is H4CaCdCuMgMnTi. The molecule has 0 heterocycles. The zero-order chi connectivity index (χ0) is 0. The van der Waals surface area contributed by atoms with Crippen molar-refractivity contribution in [2.45, 2.75) is 0 Å². The summed E-state index contributed by atoms with van der Waals surface area (Å²) in [5.41, 5.74) is 0. The van der Waals surface area contributed by atoms with Gasteiger partial charge in [0.15, 0.2) is 0 Å². The first kappa shape index (κ1) is 45.6. The van der Waals surface area contributed by atoms with E-state index in [1.165, 1.54) is 0 Å². The largest absolute Gasteiger partial charge is 0.316 e. The van der Waals surface area contributed by atoms with Gasteiger partial charge >= 0.3 is 60.8 Å². The van der Waals surface area contributed by atoms with Crippen LogP contribution in [0.5, 0.6) is 0 Å². The van der Waals surface area contributed by atoms with Crippen LogP contribution in [0.3, 0.4) is 0 Å². The van der Waals surface area contributed by atoms with E-state index in [1.807, 2.05) is 0 Å². The summed E-state index contributed by atoms with van der Waals surface area (Å²) in [6, 6.07) is 0. The monoisotopic (exact) mass is 348 g/mol. The Bertz CT molecular complexity index is 15.5. The van der Waals surface area contributed by atoms with Crippen LogP contribution in [0, 0.1) is 0 Å². The van der Waals surface area contributed by atoms with Crippen LogP contribution >= 0.6 is 0 Å². The van der Waals surface area contributed by atoms with Crippen LogP contribution in [0.4, 0.5) is 0 Å². The second kappa shape index (κ2) is 33.2. The van der Waals surface area contributed by atoms with Gasteiger partial charge in [0.05, 0.1) is 0 Å². The van der Waals surface area contributed by atoms with Crippen molar-refractivity contribution in [3.8, 4) is 0 Å². The molecule has 0 bridgehead atoms. The van der Waals surface area contributed by atoms with Gasteiger partial charge in [0.1, 0.15) is 0 Å². The molecule has 0 aliphatic carbocycles. The van der Waals surface area contributed by atoms with Crippen molar-refractivity contribution in [1.82, 2.24) is 0 Å². The molecule has 0 saturated carbocycles. The summed E-state index contributed by atoms with van der Waals surface area (Å²) in [4.78, 5) is 0. The Morgan fingerprint density at radius 1 is 1.00 bits per heavy atom. The normalized spacial score (nSPS) is 0. The summed E-state index contributed by atoms with van der Waals surface area (Å²) >= 11 is 0. The predicted molar refractivity (Wildman–Crippen MR) is 17.1 cm³/mol. The molecule has 32 valence electrons. The predicted octanol–water partition coefficient (Wildman–Crippen LogP) is -1.84. The Balaban J connectivity index is 0. The maximum Gasteiger partial charge on any atom is 0.316 e. The molecule has 0 aliphatic rings. The Kier molecular flexibility index (Phi) is 252. The average Bonchev–Trinajstić information content (AvgIpc) is 0. The number of rotatable bonds is 0. The summed E-state index contributed by atoms with van der Waals surface area (Å²) in [5, 5.41) is 0. The van der Waals surface area contributed by atoms with Crippen LogP contribution in [0.15, 0.2) is 0 Å². The van der Waals surface area contributed by atoms with Gasteiger partial charge in [-0.1, -0.05) is 0 Å². The van der Waals surface area contributed by atoms with Gasteiger partial charge in [-0.15, -0.1) is 0 Å². The molecule has 0 unspecified atom stereocenters. The van der Waals surface area contributed by atoms with E-state index < -0.39 is 0 Å². The summed E-state index contributed by atoms with van der Waals surface area (Å²) in [6.45, 7) is 0. The van der Waals surface area contributed by atoms with Crippen molar-refractivity contribution in [3.63, 3.8) is 0 Å². The van der Waals surface area contributed by atoms with E-state index in [0.717, 1.165) is 0 Å². The Morgan fingerprint density at radius 3 is 1.00 bits per heavy atom. The number of hydrogen-bond donors (Lipinski definition) is 0. The first-order chi connectivity index (χ1) is 0. The zero-order valence-electron chi connectivity index (χ0n) is 1.89. The van der Waals surface area contributed by atoms with E-state index in [1.54, 1.807) is 0 Å². The summed E-state index contributed by atoms with van der Waals surface area (Å²) in [7, 11) is 0. The molecule has 0 rings (SSSR count). The fraction of sp³-hybridized carbons (Fsp3) is 0. The smallest absolute Gasteiger partial charge is 0 e. The van der Waals surface area contributed by atoms with Gasteiger partial charge in [0.2, 0.25) is 0 Å². The molecule has 0 aromatic rings. The first-order valence-corrected chi connectivity index (χ1v) is 0. The summed E-state index contributed by atoms with van der Waals surface area (Å²) in [6.07, 6.45) is 0. The van der Waals surface area contributed by atoms with Crippen LogP contribution in [-0.2, 0) is 83.2 Å². The van der Waals surface area contributed by atoms with E-state index in [0.29, 0.717) is 0 Å². The second-order valence-electron chi connectivity index (χ2n) is 0. The number of hydrogen-bond acceptors (Lipinski definition) is 0. The Labute approximate surface area is 140 Å². The maximum atomic E-state index is 0. The summed E-state index contributed by atoms with van der Waals surface area (Å²) in [5.74, 6) is 0. The van der Waals surface area contributed by atoms with Crippen LogP contribution in [-0.4, -0.2) is 60.8 Å². The van der Waals surface area contributed by atoms with E-state index in [4.69, 9.17) is 0 Å². The molecular weight excluding hydrogens is 343 g/mol. The fourth-order valence-corrected chi connectivity index (χ4v) is 0. The SMILES string of the molecule is [CaH2].[Cd].[Cu].[MgH2].[Mn].[Ti]. The molecule has 0 aromatic carbocycles. The van der Waals surface area contributed by atoms with Gasteiger partial charge in [-0.2, -0.15) is 0 Å². The quantitative estimate of drug-likeness (QED) is 0.452. The molecule has 0 atom stereocenters. The Hall–Kier alpha value is 4.70. The van der Waals surface area contributed by atoms with Crippen molar-refractivity contribution in [3.05, 3.63) is 0 Å². The van der Waals surface area contributed by atoms with Crippen molar-refractivity contribution in [2.24, 2.45) is 0 Å². The van der Waals surface area contributed by atoms with E-state index >= 15 is 0 Å². The first-order valence-electron chi connectivity index (χ1n) is 0. The molecule has 0 N–H and O–H groups in total. The van der Waals surface area contributed by atoms with Gasteiger partial charge < -0.3 is 0 Å². The van der Waals surface area contributed by atoms with E-state index in [9.17, 15) is 0 Å². The molecule has 2 radical (unpaired) electrons. The standard InChI is InChI=1S/Ca.Cd.Cu.Mg.Mn.Ti.4H. The van der Waals surface area contributed by atoms with Crippen molar-refractivity contribution < 1.29 is 83.2 Å². The van der Waals surface area contributed by atoms with Gasteiger partial charge in [0.25, 0.3) is 0 Å². The van der Waals surface area contributed by atoms with Crippen molar-refractivity contribution in [2.75, 3.05) is 0 Å². The van der Waals surface area contributed by atoms with E-state index in [-0.39, 0.29) is 144 Å². The minimum absolute atomic E-state index is 0. The van der Waals surface area contributed by atoms with Gasteiger partial charge in [-0.3, -0.25) is 0 Å². The van der Waals surface area contributed by atoms with Crippen LogP contribution in [0.25, 0.3) is 0 Å². The van der Waals surface area contributed by atoms with Crippen molar-refractivity contribution >= 4 is 60.8 Å². The fourth-order valence-electron chi connectivity index (χ4n) is 0. The molecule has 0 spiro atoms. The molecule has 6 heavy (non-hydrogen) atoms. The molecule has 0 fully saturated rings. The molecule has 0 aliphatic heterocycles. The Morgan fingerprint density at radius 2 is 1.00 bits per heavy atom.